The van der Waals surface area contributed by atoms with E-state index in [2.05, 4.69) is 10.6 Å². The number of aliphatic hydroxyl groups excluding tert-OH is 1. The highest BCUT2D eigenvalue weighted by Crippen LogP contribution is 2.32. The van der Waals surface area contributed by atoms with Gasteiger partial charge in [-0.05, 0) is 37.8 Å². The molecule has 1 aromatic heterocycles. The third-order valence-electron chi connectivity index (χ3n) is 2.94. The van der Waals surface area contributed by atoms with Gasteiger partial charge in [0.25, 0.3) is 5.91 Å². The van der Waals surface area contributed by atoms with Gasteiger partial charge in [0.15, 0.2) is 0 Å². The van der Waals surface area contributed by atoms with E-state index in [1.54, 1.807) is 0 Å². The predicted molar refractivity (Wildman–Crippen MR) is 74.4 cm³/mol. The molecule has 0 radical (unpaired) electrons. The molecular formula is C13H18N2O3S. The highest BCUT2D eigenvalue weighted by Gasteiger charge is 2.30. The summed E-state index contributed by atoms with van der Waals surface area (Å²) in [5.41, 5.74) is 0.859. The Hall–Kier alpha value is -1.40. The van der Waals surface area contributed by atoms with Crippen molar-refractivity contribution < 1.29 is 14.7 Å². The number of rotatable bonds is 6. The quantitative estimate of drug-likeness (QED) is 0.692. The average molecular weight is 282 g/mol. The zero-order chi connectivity index (χ0) is 13.8. The van der Waals surface area contributed by atoms with Gasteiger partial charge in [-0.1, -0.05) is 0 Å². The molecule has 2 amide bonds. The van der Waals surface area contributed by atoms with Crippen LogP contribution in [0.4, 0.5) is 5.00 Å². The Balaban J connectivity index is 1.95. The topological polar surface area (TPSA) is 78.4 Å². The van der Waals surface area contributed by atoms with E-state index in [1.165, 1.54) is 11.3 Å². The van der Waals surface area contributed by atoms with Gasteiger partial charge < -0.3 is 15.7 Å². The first kappa shape index (κ1) is 14.0. The van der Waals surface area contributed by atoms with Gasteiger partial charge in [0, 0.05) is 19.1 Å². The molecule has 0 saturated heterocycles. The highest BCUT2D eigenvalue weighted by atomic mass is 32.1. The van der Waals surface area contributed by atoms with E-state index in [0.717, 1.165) is 23.4 Å². The van der Waals surface area contributed by atoms with Crippen molar-refractivity contribution in [2.75, 3.05) is 18.5 Å². The van der Waals surface area contributed by atoms with Gasteiger partial charge in [-0.25, -0.2) is 0 Å². The van der Waals surface area contributed by atoms with Crippen molar-refractivity contribution in [1.29, 1.82) is 0 Å². The Morgan fingerprint density at radius 3 is 2.84 bits per heavy atom. The maximum Gasteiger partial charge on any atom is 0.261 e. The van der Waals surface area contributed by atoms with Gasteiger partial charge in [-0.2, -0.15) is 0 Å². The minimum atomic E-state index is -0.150. The number of carbonyl (C=O) groups excluding carboxylic acids is 2. The summed E-state index contributed by atoms with van der Waals surface area (Å²) in [4.78, 5) is 24.1. The summed E-state index contributed by atoms with van der Waals surface area (Å²) < 4.78 is 0. The molecule has 104 valence electrons. The summed E-state index contributed by atoms with van der Waals surface area (Å²) in [6.45, 7) is 2.37. The monoisotopic (exact) mass is 282 g/mol. The number of hydrogen-bond acceptors (Lipinski definition) is 4. The van der Waals surface area contributed by atoms with E-state index in [9.17, 15) is 9.59 Å². The second kappa shape index (κ2) is 6.16. The van der Waals surface area contributed by atoms with Crippen molar-refractivity contribution in [1.82, 2.24) is 5.32 Å². The molecule has 19 heavy (non-hydrogen) atoms. The van der Waals surface area contributed by atoms with Crippen LogP contribution >= 0.6 is 11.3 Å². The van der Waals surface area contributed by atoms with Crippen LogP contribution in [-0.4, -0.2) is 30.1 Å². The lowest BCUT2D eigenvalue weighted by Crippen LogP contribution is -2.24. The molecule has 5 nitrogen and oxygen atoms in total. The molecule has 6 heteroatoms. The molecule has 3 N–H and O–H groups in total. The largest absolute Gasteiger partial charge is 0.396 e. The van der Waals surface area contributed by atoms with Crippen LogP contribution in [0.25, 0.3) is 0 Å². The maximum atomic E-state index is 11.9. The Kier molecular flexibility index (Phi) is 4.55. The van der Waals surface area contributed by atoms with Crippen LogP contribution in [0.2, 0.25) is 0 Å². The van der Waals surface area contributed by atoms with Gasteiger partial charge in [-0.3, -0.25) is 9.59 Å². The Labute approximate surface area is 116 Å². The SMILES string of the molecule is Cc1cc(NC(=O)C2CC2)sc1C(=O)NCCCO. The van der Waals surface area contributed by atoms with Gasteiger partial charge in [-0.15, -0.1) is 11.3 Å². The second-order valence-corrected chi connectivity index (χ2v) is 5.77. The minimum absolute atomic E-state index is 0.0495. The van der Waals surface area contributed by atoms with Crippen molar-refractivity contribution in [3.8, 4) is 0 Å². The van der Waals surface area contributed by atoms with E-state index in [4.69, 9.17) is 5.11 Å². The first-order chi connectivity index (χ1) is 9.11. The molecule has 0 aliphatic heterocycles. The normalized spacial score (nSPS) is 14.2. The van der Waals surface area contributed by atoms with E-state index in [1.807, 2.05) is 13.0 Å². The van der Waals surface area contributed by atoms with Crippen LogP contribution in [0.1, 0.15) is 34.5 Å². The second-order valence-electron chi connectivity index (χ2n) is 4.72. The van der Waals surface area contributed by atoms with E-state index >= 15 is 0 Å². The Morgan fingerprint density at radius 1 is 1.47 bits per heavy atom. The maximum absolute atomic E-state index is 11.9. The fourth-order valence-corrected chi connectivity index (χ4v) is 2.69. The summed E-state index contributed by atoms with van der Waals surface area (Å²) in [5, 5.41) is 15.0. The van der Waals surface area contributed by atoms with Gasteiger partial charge in [0.1, 0.15) is 0 Å². The predicted octanol–water partition coefficient (Wildman–Crippen LogP) is 1.52. The van der Waals surface area contributed by atoms with Crippen molar-refractivity contribution in [3.63, 3.8) is 0 Å². The number of amides is 2. The van der Waals surface area contributed by atoms with Gasteiger partial charge >= 0.3 is 0 Å². The van der Waals surface area contributed by atoms with Crippen LogP contribution in [0, 0.1) is 12.8 Å². The van der Waals surface area contributed by atoms with Crippen LogP contribution < -0.4 is 10.6 Å². The number of thiophene rings is 1. The minimum Gasteiger partial charge on any atom is -0.396 e. The summed E-state index contributed by atoms with van der Waals surface area (Å²) in [5.74, 6) is 0.0561. The molecule has 0 unspecified atom stereocenters. The molecular weight excluding hydrogens is 264 g/mol. The summed E-state index contributed by atoms with van der Waals surface area (Å²) in [6, 6.07) is 1.83. The van der Waals surface area contributed by atoms with Gasteiger partial charge in [0.2, 0.25) is 5.91 Å². The zero-order valence-electron chi connectivity index (χ0n) is 10.9. The fourth-order valence-electron chi connectivity index (χ4n) is 1.70. The van der Waals surface area contributed by atoms with Crippen molar-refractivity contribution >= 4 is 28.2 Å². The van der Waals surface area contributed by atoms with E-state index < -0.39 is 0 Å². The number of hydrogen-bond donors (Lipinski definition) is 3. The van der Waals surface area contributed by atoms with Crippen molar-refractivity contribution in [2.24, 2.45) is 5.92 Å². The molecule has 0 atom stereocenters. The smallest absolute Gasteiger partial charge is 0.261 e. The summed E-state index contributed by atoms with van der Waals surface area (Å²) >= 11 is 1.29. The molecule has 1 aromatic rings. The van der Waals surface area contributed by atoms with E-state index in [-0.39, 0.29) is 24.3 Å². The molecule has 2 rings (SSSR count). The van der Waals surface area contributed by atoms with Gasteiger partial charge in [0.05, 0.1) is 9.88 Å². The number of anilines is 1. The fraction of sp³-hybridized carbons (Fsp3) is 0.538. The molecule has 1 aliphatic carbocycles. The number of carbonyl (C=O) groups is 2. The van der Waals surface area contributed by atoms with Crippen molar-refractivity contribution in [3.05, 3.63) is 16.5 Å². The van der Waals surface area contributed by atoms with Crippen LogP contribution in [0.5, 0.6) is 0 Å². The lowest BCUT2D eigenvalue weighted by molar-refractivity contribution is -0.117. The molecule has 1 fully saturated rings. The average Bonchev–Trinajstić information content (AvgIpc) is 3.15. The first-order valence-electron chi connectivity index (χ1n) is 6.42. The molecule has 1 aliphatic rings. The highest BCUT2D eigenvalue weighted by molar-refractivity contribution is 7.18. The molecule has 0 aromatic carbocycles. The van der Waals surface area contributed by atoms with E-state index in [0.29, 0.717) is 17.8 Å². The number of nitrogens with one attached hydrogen (secondary N) is 2. The van der Waals surface area contributed by atoms with Crippen LogP contribution in [0.15, 0.2) is 6.07 Å². The summed E-state index contributed by atoms with van der Waals surface area (Å²) in [6.07, 6.45) is 2.47. The third-order valence-corrected chi connectivity index (χ3v) is 4.09. The Bertz CT molecular complexity index is 480. The summed E-state index contributed by atoms with van der Waals surface area (Å²) in [7, 11) is 0. The molecule has 0 spiro atoms. The molecule has 0 bridgehead atoms. The lowest BCUT2D eigenvalue weighted by atomic mass is 10.2. The Morgan fingerprint density at radius 2 is 2.21 bits per heavy atom. The zero-order valence-corrected chi connectivity index (χ0v) is 11.7. The lowest BCUT2D eigenvalue weighted by Gasteiger charge is -2.02. The first-order valence-corrected chi connectivity index (χ1v) is 7.24. The van der Waals surface area contributed by atoms with Crippen LogP contribution in [-0.2, 0) is 4.79 Å². The van der Waals surface area contributed by atoms with Crippen LogP contribution in [0.3, 0.4) is 0 Å². The molecule has 1 saturated carbocycles. The molecule has 1 heterocycles. The number of aliphatic hydroxyl groups is 1. The third kappa shape index (κ3) is 3.78. The number of aryl methyl sites for hydroxylation is 1. The standard InChI is InChI=1S/C13H18N2O3S/c1-8-7-10(15-12(17)9-3-4-9)19-11(8)13(18)14-5-2-6-16/h7,9,16H,2-6H2,1H3,(H,14,18)(H,15,17). The van der Waals surface area contributed by atoms with Crippen molar-refractivity contribution in [2.45, 2.75) is 26.2 Å².